The number of H-pyrrole nitrogens is 1. The van der Waals surface area contributed by atoms with Crippen molar-refractivity contribution in [2.24, 2.45) is 0 Å². The van der Waals surface area contributed by atoms with Gasteiger partial charge in [-0.2, -0.15) is 0 Å². The van der Waals surface area contributed by atoms with E-state index in [0.717, 1.165) is 37.7 Å². The van der Waals surface area contributed by atoms with Crippen LogP contribution in [0.2, 0.25) is 0 Å². The van der Waals surface area contributed by atoms with E-state index in [1.54, 1.807) is 0 Å². The molecule has 5 rings (SSSR count). The minimum Gasteiger partial charge on any atom is -0.361 e. The number of carbonyl (C=O) groups excluding carboxylic acids is 2. The van der Waals surface area contributed by atoms with Crippen molar-refractivity contribution < 1.29 is 14.3 Å². The van der Waals surface area contributed by atoms with E-state index >= 15 is 0 Å². The van der Waals surface area contributed by atoms with Crippen LogP contribution in [0.25, 0.3) is 10.9 Å². The minimum atomic E-state index is -0.540. The van der Waals surface area contributed by atoms with E-state index in [9.17, 15) is 9.59 Å². The average molecular weight is 367 g/mol. The summed E-state index contributed by atoms with van der Waals surface area (Å²) < 4.78 is 6.08. The molecule has 0 bridgehead atoms. The van der Waals surface area contributed by atoms with Crippen molar-refractivity contribution in [2.75, 3.05) is 19.7 Å². The third-order valence-corrected chi connectivity index (χ3v) is 6.44. The molecule has 4 heterocycles. The molecule has 0 aliphatic carbocycles. The molecule has 0 radical (unpaired) electrons. The van der Waals surface area contributed by atoms with E-state index in [2.05, 4.69) is 17.1 Å². The number of likely N-dealkylation sites (tertiary alicyclic amines) is 1. The Hall–Kier alpha value is -2.34. The second-order valence-corrected chi connectivity index (χ2v) is 7.86. The third kappa shape index (κ3) is 2.57. The highest BCUT2D eigenvalue weighted by Crippen LogP contribution is 2.45. The molecule has 3 saturated heterocycles. The maximum Gasteiger partial charge on any atom is 0.227 e. The number of hydrogen-bond donors (Lipinski definition) is 1. The summed E-state index contributed by atoms with van der Waals surface area (Å²) in [6.45, 7) is 2.14. The summed E-state index contributed by atoms with van der Waals surface area (Å²) in [5, 5.41) is 1.23. The fraction of sp³-hybridized carbons (Fsp3) is 0.524. The smallest absolute Gasteiger partial charge is 0.227 e. The summed E-state index contributed by atoms with van der Waals surface area (Å²) >= 11 is 0. The summed E-state index contributed by atoms with van der Waals surface area (Å²) in [7, 11) is 0. The second kappa shape index (κ2) is 6.37. The number of hydrogen-bond acceptors (Lipinski definition) is 3. The van der Waals surface area contributed by atoms with E-state index in [0.29, 0.717) is 26.0 Å². The molecule has 1 spiro atoms. The van der Waals surface area contributed by atoms with Gasteiger partial charge in [-0.15, -0.1) is 0 Å². The number of amides is 2. The lowest BCUT2D eigenvalue weighted by Crippen LogP contribution is -2.56. The van der Waals surface area contributed by atoms with Crippen LogP contribution in [0.3, 0.4) is 0 Å². The number of aryl methyl sites for hydroxylation is 1. The summed E-state index contributed by atoms with van der Waals surface area (Å²) in [6, 6.07) is 8.15. The van der Waals surface area contributed by atoms with Gasteiger partial charge < -0.3 is 19.5 Å². The summed E-state index contributed by atoms with van der Waals surface area (Å²) in [6.07, 6.45) is 6.30. The Kier molecular flexibility index (Phi) is 3.97. The number of benzene rings is 1. The molecule has 1 N–H and O–H groups in total. The number of carbonyl (C=O) groups is 2. The first-order chi connectivity index (χ1) is 13.2. The van der Waals surface area contributed by atoms with E-state index in [-0.39, 0.29) is 17.9 Å². The van der Waals surface area contributed by atoms with Crippen LogP contribution in [0.5, 0.6) is 0 Å². The Labute approximate surface area is 158 Å². The lowest BCUT2D eigenvalue weighted by molar-refractivity contribution is -0.181. The summed E-state index contributed by atoms with van der Waals surface area (Å²) in [5.41, 5.74) is 1.86. The van der Waals surface area contributed by atoms with Gasteiger partial charge in [0.1, 0.15) is 0 Å². The summed E-state index contributed by atoms with van der Waals surface area (Å²) in [5.74, 6) is 0.288. The van der Waals surface area contributed by atoms with Crippen LogP contribution in [0, 0.1) is 0 Å². The maximum absolute atomic E-state index is 12.9. The van der Waals surface area contributed by atoms with Crippen LogP contribution in [0.4, 0.5) is 0 Å². The Bertz CT molecular complexity index is 892. The fourth-order valence-corrected chi connectivity index (χ4v) is 5.16. The standard InChI is InChI=1S/C21H25N3O3/c25-19(8-3-5-15-14-22-17-7-2-1-6-16(15)17)23-11-9-21-18(23)13-20(26)24(21)10-4-12-27-21/h1-2,6-7,14,18,22H,3-5,8-13H2/t18-,21+/m1/s1. The molecular weight excluding hydrogens is 342 g/mol. The molecule has 142 valence electrons. The van der Waals surface area contributed by atoms with Crippen molar-refractivity contribution in [2.45, 2.75) is 50.3 Å². The molecule has 1 aromatic heterocycles. The first-order valence-electron chi connectivity index (χ1n) is 9.98. The number of ether oxygens (including phenoxy) is 1. The van der Waals surface area contributed by atoms with Gasteiger partial charge >= 0.3 is 0 Å². The number of rotatable bonds is 4. The predicted molar refractivity (Wildman–Crippen MR) is 101 cm³/mol. The van der Waals surface area contributed by atoms with Crippen molar-refractivity contribution in [1.82, 2.24) is 14.8 Å². The molecule has 0 unspecified atom stereocenters. The number of nitrogens with zero attached hydrogens (tertiary/aromatic N) is 2. The van der Waals surface area contributed by atoms with Crippen molar-refractivity contribution in [3.8, 4) is 0 Å². The zero-order valence-electron chi connectivity index (χ0n) is 15.4. The number of aromatic nitrogens is 1. The molecule has 3 fully saturated rings. The highest BCUT2D eigenvalue weighted by atomic mass is 16.5. The number of fused-ring (bicyclic) bond motifs is 1. The molecule has 6 heteroatoms. The van der Waals surface area contributed by atoms with Gasteiger partial charge in [0.25, 0.3) is 0 Å². The van der Waals surface area contributed by atoms with Crippen LogP contribution >= 0.6 is 0 Å². The van der Waals surface area contributed by atoms with Crippen molar-refractivity contribution >= 4 is 22.7 Å². The predicted octanol–water partition coefficient (Wildman–Crippen LogP) is 2.44. The highest BCUT2D eigenvalue weighted by molar-refractivity contribution is 5.85. The van der Waals surface area contributed by atoms with Crippen LogP contribution < -0.4 is 0 Å². The molecule has 1 aromatic carbocycles. The topological polar surface area (TPSA) is 65.6 Å². The maximum atomic E-state index is 12.9. The molecule has 27 heavy (non-hydrogen) atoms. The highest BCUT2D eigenvalue weighted by Gasteiger charge is 2.61. The van der Waals surface area contributed by atoms with Gasteiger partial charge in [-0.25, -0.2) is 0 Å². The number of nitrogens with one attached hydrogen (secondary N) is 1. The number of para-hydroxylation sites is 1. The molecule has 3 aliphatic heterocycles. The van der Waals surface area contributed by atoms with E-state index in [1.807, 2.05) is 28.1 Å². The Balaban J connectivity index is 1.24. The second-order valence-electron chi connectivity index (χ2n) is 7.86. The fourth-order valence-electron chi connectivity index (χ4n) is 5.16. The molecule has 2 amide bonds. The van der Waals surface area contributed by atoms with Gasteiger partial charge in [-0.05, 0) is 30.9 Å². The van der Waals surface area contributed by atoms with Crippen LogP contribution in [-0.2, 0) is 20.7 Å². The van der Waals surface area contributed by atoms with Crippen molar-refractivity contribution in [3.63, 3.8) is 0 Å². The minimum absolute atomic E-state index is 0.106. The number of aromatic amines is 1. The first kappa shape index (κ1) is 16.8. The lowest BCUT2D eigenvalue weighted by Gasteiger charge is -2.42. The van der Waals surface area contributed by atoms with Crippen molar-refractivity contribution in [3.05, 3.63) is 36.0 Å². The normalized spacial score (nSPS) is 27.3. The molecule has 2 atom stereocenters. The zero-order valence-corrected chi connectivity index (χ0v) is 15.4. The zero-order chi connectivity index (χ0) is 18.4. The Morgan fingerprint density at radius 3 is 3.11 bits per heavy atom. The molecule has 0 saturated carbocycles. The van der Waals surface area contributed by atoms with E-state index in [4.69, 9.17) is 4.74 Å². The van der Waals surface area contributed by atoms with Crippen LogP contribution in [0.1, 0.15) is 37.7 Å². The van der Waals surface area contributed by atoms with Gasteiger partial charge in [-0.3, -0.25) is 9.59 Å². The van der Waals surface area contributed by atoms with Crippen LogP contribution in [-0.4, -0.2) is 58.1 Å². The monoisotopic (exact) mass is 367 g/mol. The SMILES string of the molecule is O=C(CCCc1c[nH]c2ccccc12)N1CC[C@@]23OCCCN2C(=O)C[C@@H]13. The van der Waals surface area contributed by atoms with Crippen LogP contribution in [0.15, 0.2) is 30.5 Å². The van der Waals surface area contributed by atoms with Gasteiger partial charge in [0, 0.05) is 43.0 Å². The molecule has 6 nitrogen and oxygen atoms in total. The quantitative estimate of drug-likeness (QED) is 0.903. The molecule has 3 aliphatic rings. The first-order valence-corrected chi connectivity index (χ1v) is 9.98. The Morgan fingerprint density at radius 1 is 1.30 bits per heavy atom. The Morgan fingerprint density at radius 2 is 2.19 bits per heavy atom. The van der Waals surface area contributed by atoms with Gasteiger partial charge in [-0.1, -0.05) is 18.2 Å². The lowest BCUT2D eigenvalue weighted by atomic mass is 10.0. The largest absolute Gasteiger partial charge is 0.361 e. The van der Waals surface area contributed by atoms with E-state index < -0.39 is 5.72 Å². The third-order valence-electron chi connectivity index (χ3n) is 6.44. The summed E-state index contributed by atoms with van der Waals surface area (Å²) in [4.78, 5) is 32.4. The van der Waals surface area contributed by atoms with Gasteiger partial charge in [0.15, 0.2) is 5.72 Å². The average Bonchev–Trinajstić information content (AvgIpc) is 3.32. The molecule has 2 aromatic rings. The van der Waals surface area contributed by atoms with Gasteiger partial charge in [0.2, 0.25) is 11.8 Å². The van der Waals surface area contributed by atoms with Gasteiger partial charge in [0.05, 0.1) is 19.1 Å². The van der Waals surface area contributed by atoms with Crippen molar-refractivity contribution in [1.29, 1.82) is 0 Å². The van der Waals surface area contributed by atoms with E-state index in [1.165, 1.54) is 10.9 Å². The molecular formula is C21H25N3O3.